The number of rotatable bonds is 4. The van der Waals surface area contributed by atoms with Crippen LogP contribution in [-0.2, 0) is 4.79 Å². The first-order valence-corrected chi connectivity index (χ1v) is 13.2. The highest BCUT2D eigenvalue weighted by atomic mass is 35.5. The number of nitrogens with zero attached hydrogens (tertiary/aromatic N) is 5. The second-order valence-electron chi connectivity index (χ2n) is 10.7. The van der Waals surface area contributed by atoms with E-state index in [0.29, 0.717) is 23.1 Å². The maximum atomic E-state index is 13.6. The summed E-state index contributed by atoms with van der Waals surface area (Å²) in [7, 11) is 3.39. The number of pyridine rings is 2. The number of amides is 2. The van der Waals surface area contributed by atoms with Crippen LogP contribution < -0.4 is 4.90 Å². The van der Waals surface area contributed by atoms with Crippen LogP contribution in [0.1, 0.15) is 55.4 Å². The molecule has 2 aromatic rings. The van der Waals surface area contributed by atoms with Gasteiger partial charge in [0, 0.05) is 63.3 Å². The largest absolute Gasteiger partial charge is 0.393 e. The first-order valence-electron chi connectivity index (χ1n) is 12.9. The summed E-state index contributed by atoms with van der Waals surface area (Å²) >= 11 is 6.73. The quantitative estimate of drug-likeness (QED) is 0.674. The fraction of sp³-hybridized carbons (Fsp3) is 0.556. The number of likely N-dealkylation sites (tertiary alicyclic amines) is 1. The molecular weight excluding hydrogens is 478 g/mol. The number of piperidine rings is 1. The predicted molar refractivity (Wildman–Crippen MR) is 139 cm³/mol. The van der Waals surface area contributed by atoms with E-state index in [2.05, 4.69) is 14.8 Å². The number of halogens is 1. The molecule has 2 amide bonds. The highest BCUT2D eigenvalue weighted by Crippen LogP contribution is 2.44. The molecule has 9 heteroatoms. The third-order valence-corrected chi connectivity index (χ3v) is 8.35. The Morgan fingerprint density at radius 1 is 1.08 bits per heavy atom. The standard InChI is InChI=1S/C27H34ClN5O3/c1-31(2)25(35)23-9-4-18(15-29-23)19-14-22(28)24(30-16-19)32-12-3-10-27(17-32)11-13-33(26(27)36)20-5-7-21(34)8-6-20/h4,9,14-16,20-21,34H,3,5-8,10-13,17H2,1-2H3/t20-,21+,27-/m0/s1. The van der Waals surface area contributed by atoms with Crippen molar-refractivity contribution in [2.75, 3.05) is 38.6 Å². The highest BCUT2D eigenvalue weighted by Gasteiger charge is 2.51. The summed E-state index contributed by atoms with van der Waals surface area (Å²) < 4.78 is 0. The zero-order chi connectivity index (χ0) is 25.4. The average molecular weight is 512 g/mol. The lowest BCUT2D eigenvalue weighted by Gasteiger charge is -2.41. The number of aromatic nitrogens is 2. The molecule has 1 saturated carbocycles. The zero-order valence-electron chi connectivity index (χ0n) is 21.0. The van der Waals surface area contributed by atoms with E-state index in [1.165, 1.54) is 4.90 Å². The van der Waals surface area contributed by atoms with Crippen LogP contribution >= 0.6 is 11.6 Å². The molecule has 192 valence electrons. The minimum absolute atomic E-state index is 0.145. The topological polar surface area (TPSA) is 89.9 Å². The van der Waals surface area contributed by atoms with Gasteiger partial charge >= 0.3 is 0 Å². The Hall–Kier alpha value is -2.71. The van der Waals surface area contributed by atoms with Crippen LogP contribution in [0.4, 0.5) is 5.82 Å². The Balaban J connectivity index is 1.30. The van der Waals surface area contributed by atoms with Gasteiger partial charge in [0.25, 0.3) is 5.91 Å². The molecule has 3 aliphatic rings. The Morgan fingerprint density at radius 2 is 1.83 bits per heavy atom. The molecule has 1 atom stereocenters. The molecule has 0 bridgehead atoms. The lowest BCUT2D eigenvalue weighted by atomic mass is 9.78. The van der Waals surface area contributed by atoms with Gasteiger partial charge in [0.2, 0.25) is 5.91 Å². The van der Waals surface area contributed by atoms with Crippen LogP contribution in [0.2, 0.25) is 5.02 Å². The number of hydrogen-bond donors (Lipinski definition) is 1. The summed E-state index contributed by atoms with van der Waals surface area (Å²) in [5.41, 5.74) is 1.67. The molecule has 4 heterocycles. The minimum Gasteiger partial charge on any atom is -0.393 e. The van der Waals surface area contributed by atoms with Crippen molar-refractivity contribution in [2.24, 2.45) is 5.41 Å². The van der Waals surface area contributed by atoms with Gasteiger partial charge in [0.05, 0.1) is 16.5 Å². The molecule has 0 radical (unpaired) electrons. The number of carbonyl (C=O) groups excluding carboxylic acids is 2. The van der Waals surface area contributed by atoms with E-state index in [9.17, 15) is 14.7 Å². The van der Waals surface area contributed by atoms with Crippen LogP contribution in [-0.4, -0.2) is 82.6 Å². The maximum Gasteiger partial charge on any atom is 0.271 e. The number of carbonyl (C=O) groups is 2. The molecule has 1 spiro atoms. The van der Waals surface area contributed by atoms with E-state index < -0.39 is 0 Å². The van der Waals surface area contributed by atoms with Crippen molar-refractivity contribution in [1.29, 1.82) is 0 Å². The molecule has 36 heavy (non-hydrogen) atoms. The second kappa shape index (κ2) is 9.98. The molecule has 5 rings (SSSR count). The van der Waals surface area contributed by atoms with Gasteiger partial charge in [-0.1, -0.05) is 17.7 Å². The molecule has 1 N–H and O–H groups in total. The van der Waals surface area contributed by atoms with Gasteiger partial charge in [-0.15, -0.1) is 0 Å². The van der Waals surface area contributed by atoms with Crippen molar-refractivity contribution in [1.82, 2.24) is 19.8 Å². The normalized spacial score (nSPS) is 26.5. The number of aliphatic hydroxyl groups excluding tert-OH is 1. The first kappa shape index (κ1) is 25.0. The summed E-state index contributed by atoms with van der Waals surface area (Å²) in [5, 5.41) is 10.4. The van der Waals surface area contributed by atoms with E-state index in [0.717, 1.165) is 69.2 Å². The Bertz CT molecular complexity index is 1130. The van der Waals surface area contributed by atoms with Gasteiger partial charge in [-0.05, 0) is 57.1 Å². The van der Waals surface area contributed by atoms with Crippen molar-refractivity contribution in [3.63, 3.8) is 0 Å². The van der Waals surface area contributed by atoms with Crippen molar-refractivity contribution < 1.29 is 14.7 Å². The Morgan fingerprint density at radius 3 is 2.50 bits per heavy atom. The van der Waals surface area contributed by atoms with Gasteiger partial charge < -0.3 is 19.8 Å². The van der Waals surface area contributed by atoms with E-state index in [1.54, 1.807) is 32.6 Å². The van der Waals surface area contributed by atoms with Crippen molar-refractivity contribution >= 4 is 29.2 Å². The molecule has 0 unspecified atom stereocenters. The van der Waals surface area contributed by atoms with Crippen molar-refractivity contribution in [3.05, 3.63) is 41.3 Å². The fourth-order valence-electron chi connectivity index (χ4n) is 6.00. The second-order valence-corrected chi connectivity index (χ2v) is 11.1. The summed E-state index contributed by atoms with van der Waals surface area (Å²) in [6, 6.07) is 5.69. The zero-order valence-corrected chi connectivity index (χ0v) is 21.7. The molecule has 2 saturated heterocycles. The molecular formula is C27H34ClN5O3. The van der Waals surface area contributed by atoms with Crippen LogP contribution in [0.5, 0.6) is 0 Å². The predicted octanol–water partition coefficient (Wildman–Crippen LogP) is 3.62. The lowest BCUT2D eigenvalue weighted by molar-refractivity contribution is -0.139. The van der Waals surface area contributed by atoms with Crippen LogP contribution in [0, 0.1) is 5.41 Å². The number of hydrogen-bond acceptors (Lipinski definition) is 6. The van der Waals surface area contributed by atoms with Gasteiger partial charge in [-0.2, -0.15) is 0 Å². The monoisotopic (exact) mass is 511 g/mol. The van der Waals surface area contributed by atoms with Crippen LogP contribution in [0.3, 0.4) is 0 Å². The molecule has 0 aromatic carbocycles. The van der Waals surface area contributed by atoms with Crippen molar-refractivity contribution in [3.8, 4) is 11.1 Å². The number of aliphatic hydroxyl groups is 1. The van der Waals surface area contributed by atoms with E-state index in [-0.39, 0.29) is 29.4 Å². The Labute approximate surface area is 217 Å². The average Bonchev–Trinajstić information content (AvgIpc) is 3.19. The van der Waals surface area contributed by atoms with Crippen molar-refractivity contribution in [2.45, 2.75) is 57.1 Å². The van der Waals surface area contributed by atoms with Gasteiger partial charge in [0.15, 0.2) is 0 Å². The van der Waals surface area contributed by atoms with Gasteiger partial charge in [-0.3, -0.25) is 14.6 Å². The molecule has 1 aliphatic carbocycles. The molecule has 8 nitrogen and oxygen atoms in total. The highest BCUT2D eigenvalue weighted by molar-refractivity contribution is 6.33. The lowest BCUT2D eigenvalue weighted by Crippen LogP contribution is -2.50. The summed E-state index contributed by atoms with van der Waals surface area (Å²) in [5.74, 6) is 0.826. The smallest absolute Gasteiger partial charge is 0.271 e. The fourth-order valence-corrected chi connectivity index (χ4v) is 6.28. The third-order valence-electron chi connectivity index (χ3n) is 8.07. The number of anilines is 1. The van der Waals surface area contributed by atoms with Crippen LogP contribution in [0.25, 0.3) is 11.1 Å². The first-order chi connectivity index (χ1) is 17.3. The van der Waals surface area contributed by atoms with E-state index >= 15 is 0 Å². The summed E-state index contributed by atoms with van der Waals surface area (Å²) in [6.07, 6.45) is 9.25. The van der Waals surface area contributed by atoms with Gasteiger partial charge in [-0.25, -0.2) is 4.98 Å². The maximum absolute atomic E-state index is 13.6. The summed E-state index contributed by atoms with van der Waals surface area (Å²) in [6.45, 7) is 2.25. The third kappa shape index (κ3) is 4.68. The molecule has 2 aromatic heterocycles. The Kier molecular flexibility index (Phi) is 6.92. The minimum atomic E-state index is -0.378. The summed E-state index contributed by atoms with van der Waals surface area (Å²) in [4.78, 5) is 40.5. The van der Waals surface area contributed by atoms with E-state index in [1.807, 2.05) is 12.1 Å². The SMILES string of the molecule is CN(C)C(=O)c1ccc(-c2cnc(N3CCC[C@]4(CCN([C@H]5CC[C@@H](O)CC5)C4=O)C3)c(Cl)c2)cn1. The molecule has 2 aliphatic heterocycles. The van der Waals surface area contributed by atoms with Crippen LogP contribution in [0.15, 0.2) is 30.6 Å². The van der Waals surface area contributed by atoms with Gasteiger partial charge in [0.1, 0.15) is 11.5 Å². The molecule has 3 fully saturated rings. The van der Waals surface area contributed by atoms with E-state index in [4.69, 9.17) is 16.6 Å².